The number of benzene rings is 1. The smallest absolute Gasteiger partial charge is 0.336 e. The molecule has 3 rings (SSSR count). The lowest BCUT2D eigenvalue weighted by molar-refractivity contribution is -0.170. The number of carbonyl (C=O) groups is 1. The van der Waals surface area contributed by atoms with Gasteiger partial charge in [0.2, 0.25) is 0 Å². The van der Waals surface area contributed by atoms with E-state index in [1.54, 1.807) is 39.8 Å². The first kappa shape index (κ1) is 34.3. The molecular formula is C31H45NO11. The Morgan fingerprint density at radius 1 is 0.977 bits per heavy atom. The van der Waals surface area contributed by atoms with E-state index in [1.807, 2.05) is 0 Å². The van der Waals surface area contributed by atoms with Crippen molar-refractivity contribution in [3.8, 4) is 11.5 Å². The van der Waals surface area contributed by atoms with E-state index in [4.69, 9.17) is 23.5 Å². The molecule has 2 aromatic rings. The standard InChI is InChI=1S/C31H45NO11/c1-8-22-29(36)28(35)17(3)21(9-10-31(5,38)14-16(2)27(34)18(4)30(37)43-22)32-41-15-19-11-26(33)42-23-13-25(40-7)24(39-6)12-20(19)23/h11-13,16-18,22,27-29,34-36,38H,8-10,14-15H2,1-7H3/b32-21+/t16-,17+,18-,22-,27+,28-,29-,31-/m1/s1. The molecule has 4 N–H and O–H groups in total. The molecule has 0 radical (unpaired) electrons. The molecule has 2 heterocycles. The molecule has 1 aromatic heterocycles. The minimum Gasteiger partial charge on any atom is -0.493 e. The molecule has 1 aliphatic heterocycles. The number of aliphatic hydroxyl groups is 4. The van der Waals surface area contributed by atoms with E-state index in [1.165, 1.54) is 27.2 Å². The van der Waals surface area contributed by atoms with Crippen molar-refractivity contribution in [2.45, 2.75) is 96.9 Å². The van der Waals surface area contributed by atoms with E-state index in [0.29, 0.717) is 28.2 Å². The summed E-state index contributed by atoms with van der Waals surface area (Å²) in [5, 5.41) is 48.9. The van der Waals surface area contributed by atoms with Crippen LogP contribution in [0.25, 0.3) is 11.0 Å². The fourth-order valence-corrected chi connectivity index (χ4v) is 5.52. The number of oxime groups is 1. The number of carbonyl (C=O) groups excluding carboxylic acids is 1. The first-order valence-electron chi connectivity index (χ1n) is 14.6. The minimum absolute atomic E-state index is 0.140. The highest BCUT2D eigenvalue weighted by atomic mass is 16.6. The van der Waals surface area contributed by atoms with Crippen molar-refractivity contribution in [2.75, 3.05) is 14.2 Å². The van der Waals surface area contributed by atoms with Gasteiger partial charge in [-0.3, -0.25) is 4.79 Å². The van der Waals surface area contributed by atoms with Crippen molar-refractivity contribution in [1.82, 2.24) is 0 Å². The van der Waals surface area contributed by atoms with Gasteiger partial charge in [0, 0.05) is 29.0 Å². The molecule has 1 aliphatic rings. The Morgan fingerprint density at radius 2 is 1.63 bits per heavy atom. The number of fused-ring (bicyclic) bond motifs is 1. The number of nitrogens with zero attached hydrogens (tertiary/aromatic N) is 1. The molecular weight excluding hydrogens is 562 g/mol. The van der Waals surface area contributed by atoms with Crippen LogP contribution in [-0.4, -0.2) is 76.3 Å². The minimum atomic E-state index is -1.45. The van der Waals surface area contributed by atoms with Crippen molar-refractivity contribution < 1.29 is 48.7 Å². The average Bonchev–Trinajstić information content (AvgIpc) is 2.97. The summed E-state index contributed by atoms with van der Waals surface area (Å²) >= 11 is 0. The lowest BCUT2D eigenvalue weighted by Gasteiger charge is -2.35. The Labute approximate surface area is 251 Å². The largest absolute Gasteiger partial charge is 0.493 e. The van der Waals surface area contributed by atoms with Crippen molar-refractivity contribution in [3.05, 3.63) is 34.2 Å². The molecule has 43 heavy (non-hydrogen) atoms. The first-order valence-corrected chi connectivity index (χ1v) is 14.6. The van der Waals surface area contributed by atoms with Gasteiger partial charge in [-0.2, -0.15) is 0 Å². The SMILES string of the molecule is CC[C@H]1OC(=O)[C@H](C)[C@@H](O)[C@H](C)C[C@](C)(O)CC/C(=N\OCc2cc(=O)oc3cc(OC)c(OC)cc23)[C@H](C)[C@@H](O)[C@@H]1O. The molecule has 12 nitrogen and oxygen atoms in total. The molecule has 240 valence electrons. The maximum absolute atomic E-state index is 12.8. The zero-order chi connectivity index (χ0) is 32.1. The van der Waals surface area contributed by atoms with E-state index in [0.717, 1.165) is 0 Å². The van der Waals surface area contributed by atoms with Crippen molar-refractivity contribution >= 4 is 22.7 Å². The van der Waals surface area contributed by atoms with Crippen LogP contribution in [-0.2, 0) is 21.0 Å². The molecule has 0 bridgehead atoms. The quantitative estimate of drug-likeness (QED) is 0.216. The Bertz CT molecular complexity index is 1340. The molecule has 0 unspecified atom stereocenters. The lowest BCUT2D eigenvalue weighted by Crippen LogP contribution is -2.47. The molecule has 0 saturated carbocycles. The van der Waals surface area contributed by atoms with Gasteiger partial charge in [0.05, 0.1) is 43.7 Å². The van der Waals surface area contributed by atoms with Crippen LogP contribution in [0, 0.1) is 17.8 Å². The van der Waals surface area contributed by atoms with Gasteiger partial charge < -0.3 is 43.9 Å². The number of methoxy groups -OCH3 is 2. The van der Waals surface area contributed by atoms with Gasteiger partial charge in [0.25, 0.3) is 0 Å². The number of cyclic esters (lactones) is 1. The summed E-state index contributed by atoms with van der Waals surface area (Å²) in [6.45, 7) is 8.15. The van der Waals surface area contributed by atoms with Crippen LogP contribution in [0.4, 0.5) is 0 Å². The van der Waals surface area contributed by atoms with Crippen LogP contribution in [0.2, 0.25) is 0 Å². The number of rotatable bonds is 6. The number of aliphatic hydroxyl groups excluding tert-OH is 3. The van der Waals surface area contributed by atoms with Crippen LogP contribution in [0.5, 0.6) is 11.5 Å². The third-order valence-electron chi connectivity index (χ3n) is 8.32. The van der Waals surface area contributed by atoms with Crippen LogP contribution in [0.15, 0.2) is 32.6 Å². The number of hydrogen-bond donors (Lipinski definition) is 4. The van der Waals surface area contributed by atoms with Crippen LogP contribution in [0.1, 0.15) is 65.9 Å². The molecule has 12 heteroatoms. The molecule has 0 aliphatic carbocycles. The Kier molecular flexibility index (Phi) is 11.6. The fraction of sp³-hybridized carbons (Fsp3) is 0.645. The van der Waals surface area contributed by atoms with Gasteiger partial charge in [-0.1, -0.05) is 25.9 Å². The van der Waals surface area contributed by atoms with Crippen molar-refractivity contribution in [1.29, 1.82) is 0 Å². The first-order chi connectivity index (χ1) is 20.2. The highest BCUT2D eigenvalue weighted by Crippen LogP contribution is 2.34. The van der Waals surface area contributed by atoms with Crippen LogP contribution < -0.4 is 15.1 Å². The van der Waals surface area contributed by atoms with Gasteiger partial charge in [0.1, 0.15) is 24.4 Å². The maximum atomic E-state index is 12.8. The summed E-state index contributed by atoms with van der Waals surface area (Å²) in [6.07, 6.45) is -4.16. The maximum Gasteiger partial charge on any atom is 0.336 e. The van der Waals surface area contributed by atoms with E-state index in [9.17, 15) is 30.0 Å². The zero-order valence-electron chi connectivity index (χ0n) is 25.9. The fourth-order valence-electron chi connectivity index (χ4n) is 5.52. The van der Waals surface area contributed by atoms with Gasteiger partial charge in [-0.15, -0.1) is 0 Å². The van der Waals surface area contributed by atoms with Gasteiger partial charge >= 0.3 is 11.6 Å². The number of hydrogen-bond acceptors (Lipinski definition) is 12. The summed E-state index contributed by atoms with van der Waals surface area (Å²) < 4.78 is 21.5. The van der Waals surface area contributed by atoms with Crippen LogP contribution >= 0.6 is 0 Å². The molecule has 8 atom stereocenters. The predicted molar refractivity (Wildman–Crippen MR) is 158 cm³/mol. The van der Waals surface area contributed by atoms with E-state index < -0.39 is 59.4 Å². The van der Waals surface area contributed by atoms with E-state index in [2.05, 4.69) is 5.16 Å². The third kappa shape index (κ3) is 8.26. The normalized spacial score (nSPS) is 32.2. The highest BCUT2D eigenvalue weighted by Gasteiger charge is 2.39. The van der Waals surface area contributed by atoms with Crippen molar-refractivity contribution in [2.24, 2.45) is 22.9 Å². The number of ether oxygens (including phenoxy) is 3. The predicted octanol–water partition coefficient (Wildman–Crippen LogP) is 2.93. The Hall–Kier alpha value is -3.19. The monoisotopic (exact) mass is 607 g/mol. The third-order valence-corrected chi connectivity index (χ3v) is 8.32. The molecule has 1 fully saturated rings. The molecule has 1 aromatic carbocycles. The van der Waals surface area contributed by atoms with Gasteiger partial charge in [0.15, 0.2) is 11.5 Å². The van der Waals surface area contributed by atoms with E-state index >= 15 is 0 Å². The van der Waals surface area contributed by atoms with Gasteiger partial charge in [-0.25, -0.2) is 4.79 Å². The summed E-state index contributed by atoms with van der Waals surface area (Å²) in [5.74, 6) is -1.99. The summed E-state index contributed by atoms with van der Waals surface area (Å²) in [4.78, 5) is 30.8. The second-order valence-electron chi connectivity index (χ2n) is 11.8. The topological polar surface area (TPSA) is 177 Å². The average molecular weight is 608 g/mol. The second kappa shape index (κ2) is 14.5. The van der Waals surface area contributed by atoms with Gasteiger partial charge in [-0.05, 0) is 51.5 Å². The highest BCUT2D eigenvalue weighted by molar-refractivity contribution is 5.87. The van der Waals surface area contributed by atoms with Crippen molar-refractivity contribution in [3.63, 3.8) is 0 Å². The summed E-state index contributed by atoms with van der Waals surface area (Å²) in [5.41, 5.74) is -0.777. The van der Waals surface area contributed by atoms with E-state index in [-0.39, 0.29) is 37.9 Å². The molecule has 1 saturated heterocycles. The molecule has 0 amide bonds. The summed E-state index contributed by atoms with van der Waals surface area (Å²) in [6, 6.07) is 4.48. The second-order valence-corrected chi connectivity index (χ2v) is 11.8. The number of esters is 1. The molecule has 0 spiro atoms. The zero-order valence-corrected chi connectivity index (χ0v) is 25.9. The Morgan fingerprint density at radius 3 is 2.26 bits per heavy atom. The lowest BCUT2D eigenvalue weighted by atomic mass is 9.81. The Balaban J connectivity index is 1.95. The van der Waals surface area contributed by atoms with Crippen LogP contribution in [0.3, 0.4) is 0 Å². The summed E-state index contributed by atoms with van der Waals surface area (Å²) in [7, 11) is 2.96.